The smallest absolute Gasteiger partial charge is 0.263 e. The third-order valence-electron chi connectivity index (χ3n) is 4.99. The van der Waals surface area contributed by atoms with Crippen molar-refractivity contribution in [3.05, 3.63) is 47.7 Å². The van der Waals surface area contributed by atoms with Gasteiger partial charge in [0.25, 0.3) is 5.91 Å². The van der Waals surface area contributed by atoms with Crippen LogP contribution in [0.2, 0.25) is 0 Å². The molecule has 1 aliphatic rings. The van der Waals surface area contributed by atoms with Gasteiger partial charge in [-0.2, -0.15) is 5.26 Å². The summed E-state index contributed by atoms with van der Waals surface area (Å²) < 4.78 is 0. The van der Waals surface area contributed by atoms with Gasteiger partial charge in [-0.15, -0.1) is 0 Å². The minimum absolute atomic E-state index is 0.120. The van der Waals surface area contributed by atoms with E-state index in [0.29, 0.717) is 6.54 Å². The highest BCUT2D eigenvalue weighted by Gasteiger charge is 2.43. The molecule has 0 spiro atoms. The molecule has 1 aromatic carbocycles. The maximum absolute atomic E-state index is 12.5. The number of nitrogens with two attached hydrogens (primary N) is 1. The number of benzene rings is 1. The predicted molar refractivity (Wildman–Crippen MR) is 104 cm³/mol. The lowest BCUT2D eigenvalue weighted by molar-refractivity contribution is -0.117. The van der Waals surface area contributed by atoms with Gasteiger partial charge in [0, 0.05) is 29.9 Å². The molecule has 1 heterocycles. The molecule has 1 fully saturated rings. The zero-order chi connectivity index (χ0) is 19.4. The molecule has 26 heavy (non-hydrogen) atoms. The molecule has 3 N–H and O–H groups in total. The minimum Gasteiger partial charge on any atom is -0.366 e. The van der Waals surface area contributed by atoms with Crippen molar-refractivity contribution in [2.24, 2.45) is 5.73 Å². The minimum atomic E-state index is -0.329. The molecule has 0 aliphatic carbocycles. The van der Waals surface area contributed by atoms with Crippen LogP contribution >= 0.6 is 0 Å². The molecule has 0 radical (unpaired) electrons. The Hall–Kier alpha value is -2.32. The SMILES string of the molecule is CC1(C)CC(N)CC(C)(C)N1/C=C(/C#N)C(=O)NCCc1ccccc1. The number of hydrogen-bond acceptors (Lipinski definition) is 4. The van der Waals surface area contributed by atoms with Gasteiger partial charge in [0.1, 0.15) is 11.6 Å². The average molecular weight is 354 g/mol. The number of likely N-dealkylation sites (tertiary alicyclic amines) is 1. The van der Waals surface area contributed by atoms with Gasteiger partial charge < -0.3 is 16.0 Å². The molecule has 5 nitrogen and oxygen atoms in total. The Morgan fingerprint density at radius 3 is 2.38 bits per heavy atom. The van der Waals surface area contributed by atoms with Crippen LogP contribution in [-0.4, -0.2) is 34.5 Å². The van der Waals surface area contributed by atoms with E-state index in [9.17, 15) is 10.1 Å². The lowest BCUT2D eigenvalue weighted by Gasteiger charge is -2.54. The summed E-state index contributed by atoms with van der Waals surface area (Å²) in [5.41, 5.74) is 7.06. The largest absolute Gasteiger partial charge is 0.366 e. The molecule has 5 heteroatoms. The van der Waals surface area contributed by atoms with Crippen molar-refractivity contribution < 1.29 is 4.79 Å². The van der Waals surface area contributed by atoms with Crippen LogP contribution in [0.3, 0.4) is 0 Å². The Kier molecular flexibility index (Phi) is 6.09. The fraction of sp³-hybridized carbons (Fsp3) is 0.524. The Bertz CT molecular complexity index is 682. The highest BCUT2D eigenvalue weighted by molar-refractivity contribution is 5.97. The van der Waals surface area contributed by atoms with E-state index in [1.54, 1.807) is 6.20 Å². The van der Waals surface area contributed by atoms with E-state index in [-0.39, 0.29) is 28.6 Å². The highest BCUT2D eigenvalue weighted by atomic mass is 16.1. The van der Waals surface area contributed by atoms with E-state index in [1.165, 1.54) is 0 Å². The van der Waals surface area contributed by atoms with Gasteiger partial charge in [-0.1, -0.05) is 30.3 Å². The molecule has 1 aliphatic heterocycles. The van der Waals surface area contributed by atoms with Crippen molar-refractivity contribution in [1.82, 2.24) is 10.2 Å². The molecule has 1 amide bonds. The van der Waals surface area contributed by atoms with Gasteiger partial charge in [0.15, 0.2) is 0 Å². The van der Waals surface area contributed by atoms with Crippen LogP contribution in [0.4, 0.5) is 0 Å². The molecular weight excluding hydrogens is 324 g/mol. The molecule has 0 bridgehead atoms. The van der Waals surface area contributed by atoms with Crippen molar-refractivity contribution in [2.45, 2.75) is 64.1 Å². The summed E-state index contributed by atoms with van der Waals surface area (Å²) in [5, 5.41) is 12.4. The molecule has 0 saturated carbocycles. The Morgan fingerprint density at radius 1 is 1.27 bits per heavy atom. The van der Waals surface area contributed by atoms with Crippen molar-refractivity contribution in [3.63, 3.8) is 0 Å². The van der Waals surface area contributed by atoms with Crippen LogP contribution < -0.4 is 11.1 Å². The van der Waals surface area contributed by atoms with E-state index < -0.39 is 0 Å². The highest BCUT2D eigenvalue weighted by Crippen LogP contribution is 2.38. The topological polar surface area (TPSA) is 82.2 Å². The Labute approximate surface area is 156 Å². The van der Waals surface area contributed by atoms with E-state index in [2.05, 4.69) is 44.0 Å². The second-order valence-electron chi connectivity index (χ2n) is 8.31. The zero-order valence-corrected chi connectivity index (χ0v) is 16.2. The third kappa shape index (κ3) is 4.86. The lowest BCUT2D eigenvalue weighted by atomic mass is 9.77. The van der Waals surface area contributed by atoms with Crippen molar-refractivity contribution in [2.75, 3.05) is 6.54 Å². The summed E-state index contributed by atoms with van der Waals surface area (Å²) in [6, 6.07) is 12.1. The number of piperidine rings is 1. The number of amides is 1. The summed E-state index contributed by atoms with van der Waals surface area (Å²) in [6.07, 6.45) is 4.09. The molecule has 1 saturated heterocycles. The van der Waals surface area contributed by atoms with Crippen LogP contribution in [0.15, 0.2) is 42.1 Å². The van der Waals surface area contributed by atoms with Crippen LogP contribution in [-0.2, 0) is 11.2 Å². The number of carbonyl (C=O) groups is 1. The first kappa shape index (κ1) is 20.0. The quantitative estimate of drug-likeness (QED) is 0.629. The number of nitrogens with one attached hydrogen (secondary N) is 1. The standard InChI is InChI=1S/C21H30N4O/c1-20(2)12-18(23)13-21(3,4)25(20)15-17(14-22)19(26)24-11-10-16-8-6-5-7-9-16/h5-9,15,18H,10-13,23H2,1-4H3,(H,24,26)/b17-15-. The van der Waals surface area contributed by atoms with Crippen molar-refractivity contribution in [1.29, 1.82) is 5.26 Å². The number of rotatable bonds is 5. The van der Waals surface area contributed by atoms with Gasteiger partial charge in [-0.05, 0) is 52.5 Å². The molecule has 140 valence electrons. The second kappa shape index (κ2) is 7.92. The molecule has 2 rings (SSSR count). The summed E-state index contributed by atoms with van der Waals surface area (Å²) in [6.45, 7) is 8.91. The van der Waals surface area contributed by atoms with Crippen LogP contribution in [0.1, 0.15) is 46.1 Å². The lowest BCUT2D eigenvalue weighted by Crippen LogP contribution is -2.61. The summed E-state index contributed by atoms with van der Waals surface area (Å²) in [7, 11) is 0. The summed E-state index contributed by atoms with van der Waals surface area (Å²) in [5.74, 6) is -0.329. The Balaban J connectivity index is 2.08. The van der Waals surface area contributed by atoms with E-state index in [0.717, 1.165) is 24.8 Å². The predicted octanol–water partition coefficient (Wildman–Crippen LogP) is 2.73. The van der Waals surface area contributed by atoms with Gasteiger partial charge in [0.05, 0.1) is 0 Å². The first-order valence-electron chi connectivity index (χ1n) is 9.15. The van der Waals surface area contributed by atoms with Gasteiger partial charge in [-0.3, -0.25) is 4.79 Å². The first-order chi connectivity index (χ1) is 12.2. The number of hydrogen-bond donors (Lipinski definition) is 2. The maximum Gasteiger partial charge on any atom is 0.263 e. The van der Waals surface area contributed by atoms with E-state index in [1.807, 2.05) is 30.3 Å². The van der Waals surface area contributed by atoms with E-state index >= 15 is 0 Å². The zero-order valence-electron chi connectivity index (χ0n) is 16.2. The van der Waals surface area contributed by atoms with Crippen LogP contribution in [0, 0.1) is 11.3 Å². The monoisotopic (exact) mass is 354 g/mol. The third-order valence-corrected chi connectivity index (χ3v) is 4.99. The summed E-state index contributed by atoms with van der Waals surface area (Å²) >= 11 is 0. The molecule has 0 atom stereocenters. The fourth-order valence-corrected chi connectivity index (χ4v) is 4.05. The number of nitriles is 1. The fourth-order valence-electron chi connectivity index (χ4n) is 4.05. The maximum atomic E-state index is 12.5. The average Bonchev–Trinajstić information content (AvgIpc) is 2.53. The Morgan fingerprint density at radius 2 is 1.85 bits per heavy atom. The molecule has 0 unspecified atom stereocenters. The second-order valence-corrected chi connectivity index (χ2v) is 8.31. The van der Waals surface area contributed by atoms with Gasteiger partial charge >= 0.3 is 0 Å². The van der Waals surface area contributed by atoms with E-state index in [4.69, 9.17) is 5.73 Å². The summed E-state index contributed by atoms with van der Waals surface area (Å²) in [4.78, 5) is 14.6. The number of nitrogens with zero attached hydrogens (tertiary/aromatic N) is 2. The van der Waals surface area contributed by atoms with Crippen molar-refractivity contribution in [3.8, 4) is 6.07 Å². The van der Waals surface area contributed by atoms with Crippen LogP contribution in [0.5, 0.6) is 0 Å². The number of carbonyl (C=O) groups excluding carboxylic acids is 1. The van der Waals surface area contributed by atoms with Crippen LogP contribution in [0.25, 0.3) is 0 Å². The van der Waals surface area contributed by atoms with Gasteiger partial charge in [0.2, 0.25) is 0 Å². The molecule has 0 aromatic heterocycles. The van der Waals surface area contributed by atoms with Gasteiger partial charge in [-0.25, -0.2) is 0 Å². The molecular formula is C21H30N4O. The molecule has 1 aromatic rings. The normalized spacial score (nSPS) is 19.7. The first-order valence-corrected chi connectivity index (χ1v) is 9.15. The van der Waals surface area contributed by atoms with Crippen molar-refractivity contribution >= 4 is 5.91 Å².